The minimum atomic E-state index is -0.00445. The highest BCUT2D eigenvalue weighted by atomic mass is 79.9. The Hall–Kier alpha value is -1.53. The van der Waals surface area contributed by atoms with Crippen molar-refractivity contribution in [3.05, 3.63) is 51.2 Å². The van der Waals surface area contributed by atoms with E-state index in [0.29, 0.717) is 16.2 Å². The van der Waals surface area contributed by atoms with Crippen molar-refractivity contribution in [1.29, 1.82) is 0 Å². The second kappa shape index (κ2) is 5.85. The monoisotopic (exact) mass is 349 g/mol. The Morgan fingerprint density at radius 2 is 2.35 bits per heavy atom. The van der Waals surface area contributed by atoms with Gasteiger partial charge < -0.3 is 4.90 Å². The maximum atomic E-state index is 12.4. The lowest BCUT2D eigenvalue weighted by molar-refractivity contribution is 0.0774. The molecule has 1 aliphatic heterocycles. The molecule has 0 fully saturated rings. The van der Waals surface area contributed by atoms with Gasteiger partial charge in [-0.05, 0) is 39.6 Å². The molecule has 1 aliphatic rings. The molecule has 1 amide bonds. The van der Waals surface area contributed by atoms with Crippen LogP contribution in [0.2, 0.25) is 0 Å². The predicted octanol–water partition coefficient (Wildman–Crippen LogP) is 3.23. The average molecular weight is 350 g/mol. The molecule has 0 bridgehead atoms. The van der Waals surface area contributed by atoms with Gasteiger partial charge in [0.1, 0.15) is 4.60 Å². The van der Waals surface area contributed by atoms with Crippen molar-refractivity contribution >= 4 is 38.7 Å². The van der Waals surface area contributed by atoms with E-state index in [1.54, 1.807) is 6.20 Å². The van der Waals surface area contributed by atoms with Gasteiger partial charge in [-0.25, -0.2) is 4.98 Å². The van der Waals surface area contributed by atoms with Crippen molar-refractivity contribution in [1.82, 2.24) is 14.9 Å². The average Bonchev–Trinajstić information content (AvgIpc) is 2.94. The van der Waals surface area contributed by atoms with Crippen LogP contribution in [-0.2, 0) is 0 Å². The molecule has 0 saturated carbocycles. The number of pyridine rings is 1. The Labute approximate surface area is 129 Å². The van der Waals surface area contributed by atoms with Crippen LogP contribution < -0.4 is 0 Å². The first-order valence-corrected chi connectivity index (χ1v) is 7.91. The Bertz CT molecular complexity index is 653. The Morgan fingerprint density at radius 3 is 3.05 bits per heavy atom. The van der Waals surface area contributed by atoms with Crippen LogP contribution in [0.15, 0.2) is 40.6 Å². The second-order valence-electron chi connectivity index (χ2n) is 4.46. The largest absolute Gasteiger partial charge is 0.332 e. The second-order valence-corrected chi connectivity index (χ2v) is 6.13. The maximum Gasteiger partial charge on any atom is 0.283 e. The van der Waals surface area contributed by atoms with Crippen LogP contribution in [-0.4, -0.2) is 33.9 Å². The summed E-state index contributed by atoms with van der Waals surface area (Å²) >= 11 is 4.65. The first kappa shape index (κ1) is 13.5. The molecule has 0 aliphatic carbocycles. The summed E-state index contributed by atoms with van der Waals surface area (Å²) in [5.41, 5.74) is 2.22. The van der Waals surface area contributed by atoms with Gasteiger partial charge in [-0.3, -0.25) is 9.78 Å². The fourth-order valence-electron chi connectivity index (χ4n) is 2.17. The van der Waals surface area contributed by atoms with E-state index in [0.717, 1.165) is 24.1 Å². The first-order chi connectivity index (χ1) is 9.74. The summed E-state index contributed by atoms with van der Waals surface area (Å²) in [5, 5.41) is 2.36. The Morgan fingerprint density at radius 1 is 1.45 bits per heavy atom. The van der Waals surface area contributed by atoms with E-state index < -0.39 is 0 Å². The minimum absolute atomic E-state index is 0.00445. The number of carbonyl (C=O) groups excluding carboxylic acids is 1. The molecule has 0 aromatic carbocycles. The number of hydrogen-bond donors (Lipinski definition) is 0. The number of aromatic nitrogens is 2. The van der Waals surface area contributed by atoms with E-state index >= 15 is 0 Å². The summed E-state index contributed by atoms with van der Waals surface area (Å²) in [7, 11) is 0. The van der Waals surface area contributed by atoms with Crippen LogP contribution in [0.5, 0.6) is 0 Å². The zero-order valence-corrected chi connectivity index (χ0v) is 13.0. The zero-order valence-electron chi connectivity index (χ0n) is 10.6. The molecule has 0 saturated heterocycles. The number of thiazole rings is 1. The summed E-state index contributed by atoms with van der Waals surface area (Å²) in [5.74, 6) is -0.00445. The summed E-state index contributed by atoms with van der Waals surface area (Å²) in [6, 6.07) is 3.93. The molecule has 2 aromatic heterocycles. The van der Waals surface area contributed by atoms with Gasteiger partial charge in [0.2, 0.25) is 0 Å². The lowest BCUT2D eigenvalue weighted by Gasteiger charge is -2.26. The maximum absolute atomic E-state index is 12.4. The van der Waals surface area contributed by atoms with Gasteiger partial charge in [0.25, 0.3) is 5.91 Å². The Balaban J connectivity index is 1.78. The van der Waals surface area contributed by atoms with Crippen LogP contribution in [0.3, 0.4) is 0 Å². The van der Waals surface area contributed by atoms with Crippen LogP contribution >= 0.6 is 27.3 Å². The molecule has 0 spiro atoms. The fourth-order valence-corrected chi connectivity index (χ4v) is 3.38. The summed E-state index contributed by atoms with van der Waals surface area (Å²) in [6.07, 6.45) is 6.63. The number of amides is 1. The molecule has 6 heteroatoms. The number of rotatable bonds is 2. The Kier molecular flexibility index (Phi) is 3.93. The van der Waals surface area contributed by atoms with Crippen molar-refractivity contribution in [2.75, 3.05) is 13.1 Å². The van der Waals surface area contributed by atoms with Crippen LogP contribution in [0, 0.1) is 0 Å². The lowest BCUT2D eigenvalue weighted by Crippen LogP contribution is -2.35. The van der Waals surface area contributed by atoms with Gasteiger partial charge in [-0.1, -0.05) is 12.1 Å². The number of carbonyl (C=O) groups is 1. The third-order valence-electron chi connectivity index (χ3n) is 3.13. The quantitative estimate of drug-likeness (QED) is 0.835. The van der Waals surface area contributed by atoms with Crippen molar-refractivity contribution in [2.45, 2.75) is 6.42 Å². The predicted molar refractivity (Wildman–Crippen MR) is 82.5 cm³/mol. The molecule has 0 atom stereocenters. The van der Waals surface area contributed by atoms with Gasteiger partial charge in [0.05, 0.1) is 0 Å². The topological polar surface area (TPSA) is 46.1 Å². The SMILES string of the molecule is O=C(c1nc(Br)cs1)N1CCC=C(c2cccnc2)C1. The van der Waals surface area contributed by atoms with Gasteiger partial charge in [0.15, 0.2) is 5.01 Å². The molecule has 20 heavy (non-hydrogen) atoms. The molecular weight excluding hydrogens is 338 g/mol. The van der Waals surface area contributed by atoms with E-state index in [9.17, 15) is 4.79 Å². The van der Waals surface area contributed by atoms with Crippen molar-refractivity contribution in [2.24, 2.45) is 0 Å². The molecule has 3 heterocycles. The third-order valence-corrected chi connectivity index (χ3v) is 4.67. The first-order valence-electron chi connectivity index (χ1n) is 6.24. The molecule has 102 valence electrons. The standard InChI is InChI=1S/C14H12BrN3OS/c15-12-9-20-13(17-12)14(19)18-6-2-4-11(8-18)10-3-1-5-16-7-10/h1,3-5,7,9H,2,6,8H2. The van der Waals surface area contributed by atoms with Crippen LogP contribution in [0.1, 0.15) is 21.8 Å². The summed E-state index contributed by atoms with van der Waals surface area (Å²) in [6.45, 7) is 1.35. The van der Waals surface area contributed by atoms with E-state index in [4.69, 9.17) is 0 Å². The number of hydrogen-bond acceptors (Lipinski definition) is 4. The molecule has 4 nitrogen and oxygen atoms in total. The van der Waals surface area contributed by atoms with Crippen molar-refractivity contribution in [3.63, 3.8) is 0 Å². The van der Waals surface area contributed by atoms with Gasteiger partial charge in [-0.15, -0.1) is 11.3 Å². The van der Waals surface area contributed by atoms with Gasteiger partial charge >= 0.3 is 0 Å². The highest BCUT2D eigenvalue weighted by Crippen LogP contribution is 2.23. The number of nitrogens with zero attached hydrogens (tertiary/aromatic N) is 3. The van der Waals surface area contributed by atoms with E-state index in [2.05, 4.69) is 32.0 Å². The molecule has 3 rings (SSSR count). The highest BCUT2D eigenvalue weighted by molar-refractivity contribution is 9.10. The van der Waals surface area contributed by atoms with Gasteiger partial charge in [0, 0.05) is 30.9 Å². The van der Waals surface area contributed by atoms with Crippen molar-refractivity contribution in [3.8, 4) is 0 Å². The summed E-state index contributed by atoms with van der Waals surface area (Å²) < 4.78 is 0.714. The number of halogens is 1. The third kappa shape index (κ3) is 2.81. The molecular formula is C14H12BrN3OS. The minimum Gasteiger partial charge on any atom is -0.332 e. The highest BCUT2D eigenvalue weighted by Gasteiger charge is 2.22. The van der Waals surface area contributed by atoms with Crippen molar-refractivity contribution < 1.29 is 4.79 Å². The van der Waals surface area contributed by atoms with E-state index in [1.165, 1.54) is 11.3 Å². The van der Waals surface area contributed by atoms with E-state index in [-0.39, 0.29) is 5.91 Å². The molecule has 0 radical (unpaired) electrons. The van der Waals surface area contributed by atoms with Crippen LogP contribution in [0.4, 0.5) is 0 Å². The molecule has 2 aromatic rings. The normalized spacial score (nSPS) is 15.1. The van der Waals surface area contributed by atoms with E-state index in [1.807, 2.05) is 28.6 Å². The lowest BCUT2D eigenvalue weighted by atomic mass is 10.0. The van der Waals surface area contributed by atoms with Crippen LogP contribution in [0.25, 0.3) is 5.57 Å². The van der Waals surface area contributed by atoms with Gasteiger partial charge in [-0.2, -0.15) is 0 Å². The fraction of sp³-hybridized carbons (Fsp3) is 0.214. The molecule has 0 unspecified atom stereocenters. The molecule has 0 N–H and O–H groups in total. The smallest absolute Gasteiger partial charge is 0.283 e. The zero-order chi connectivity index (χ0) is 13.9. The summed E-state index contributed by atoms with van der Waals surface area (Å²) in [4.78, 5) is 22.6.